The summed E-state index contributed by atoms with van der Waals surface area (Å²) in [7, 11) is 0. The van der Waals surface area contributed by atoms with Crippen LogP contribution in [0.2, 0.25) is 0 Å². The molecule has 1 aliphatic rings. The Bertz CT molecular complexity index is 1030. The number of hydrogen-bond acceptors (Lipinski definition) is 1. The molecular weight excluding hydrogens is 306 g/mol. The van der Waals surface area contributed by atoms with E-state index < -0.39 is 0 Å². The fraction of sp³-hybridized carbons (Fsp3) is 0.261. The van der Waals surface area contributed by atoms with Gasteiger partial charge >= 0.3 is 0 Å². The Labute approximate surface area is 148 Å². The highest BCUT2D eigenvalue weighted by atomic mass is 16.1. The molecule has 0 amide bonds. The van der Waals surface area contributed by atoms with Gasteiger partial charge in [0.15, 0.2) is 5.78 Å². The van der Waals surface area contributed by atoms with Crippen LogP contribution in [0.25, 0.3) is 10.9 Å². The molecule has 3 aromatic rings. The molecule has 0 bridgehead atoms. The second-order valence-electron chi connectivity index (χ2n) is 7.72. The van der Waals surface area contributed by atoms with Crippen molar-refractivity contribution in [3.8, 4) is 12.3 Å². The number of terminal acetylenes is 1. The van der Waals surface area contributed by atoms with Gasteiger partial charge in [0.1, 0.15) is 0 Å². The Kier molecular flexibility index (Phi) is 3.54. The molecule has 0 saturated heterocycles. The lowest BCUT2D eigenvalue weighted by Crippen LogP contribution is -2.09. The van der Waals surface area contributed by atoms with E-state index in [0.29, 0.717) is 6.54 Å². The SMILES string of the molecule is C#CCn1cc(C(=O)c2ccc3c(c2)CC(C)(C)C3)c2ccccc21. The van der Waals surface area contributed by atoms with Gasteiger partial charge < -0.3 is 4.57 Å². The van der Waals surface area contributed by atoms with Crippen LogP contribution < -0.4 is 0 Å². The first-order valence-corrected chi connectivity index (χ1v) is 8.66. The van der Waals surface area contributed by atoms with Crippen molar-refractivity contribution in [1.29, 1.82) is 0 Å². The predicted octanol–water partition coefficient (Wildman–Crippen LogP) is 4.63. The number of fused-ring (bicyclic) bond motifs is 2. The predicted molar refractivity (Wildman–Crippen MR) is 102 cm³/mol. The number of ketones is 1. The van der Waals surface area contributed by atoms with Gasteiger partial charge in [-0.3, -0.25) is 4.79 Å². The molecule has 1 heterocycles. The van der Waals surface area contributed by atoms with Gasteiger partial charge in [-0.05, 0) is 41.5 Å². The summed E-state index contributed by atoms with van der Waals surface area (Å²) in [5.41, 5.74) is 5.46. The molecule has 0 saturated carbocycles. The van der Waals surface area contributed by atoms with Gasteiger partial charge in [0, 0.05) is 28.2 Å². The normalized spacial score (nSPS) is 15.1. The first-order chi connectivity index (χ1) is 12.0. The van der Waals surface area contributed by atoms with Crippen molar-refractivity contribution < 1.29 is 4.79 Å². The van der Waals surface area contributed by atoms with Crippen LogP contribution in [0.3, 0.4) is 0 Å². The summed E-state index contributed by atoms with van der Waals surface area (Å²) in [6, 6.07) is 14.1. The Morgan fingerprint density at radius 1 is 1.16 bits per heavy atom. The molecule has 0 spiro atoms. The molecule has 1 aliphatic carbocycles. The zero-order chi connectivity index (χ0) is 17.6. The first kappa shape index (κ1) is 15.7. The number of hydrogen-bond donors (Lipinski definition) is 0. The van der Waals surface area contributed by atoms with Crippen molar-refractivity contribution in [2.24, 2.45) is 5.41 Å². The third-order valence-corrected chi connectivity index (χ3v) is 5.10. The van der Waals surface area contributed by atoms with Gasteiger partial charge in [0.25, 0.3) is 0 Å². The Hall–Kier alpha value is -2.79. The summed E-state index contributed by atoms with van der Waals surface area (Å²) < 4.78 is 1.97. The number of nitrogens with zero attached hydrogens (tertiary/aromatic N) is 1. The largest absolute Gasteiger partial charge is 0.335 e. The summed E-state index contributed by atoms with van der Waals surface area (Å²) in [4.78, 5) is 13.2. The topological polar surface area (TPSA) is 22.0 Å². The van der Waals surface area contributed by atoms with Gasteiger partial charge in [-0.25, -0.2) is 0 Å². The van der Waals surface area contributed by atoms with Gasteiger partial charge in [0.05, 0.1) is 6.54 Å². The molecule has 2 heteroatoms. The lowest BCUT2D eigenvalue weighted by Gasteiger charge is -2.14. The minimum Gasteiger partial charge on any atom is -0.335 e. The van der Waals surface area contributed by atoms with Gasteiger partial charge in [-0.15, -0.1) is 6.42 Å². The number of benzene rings is 2. The van der Waals surface area contributed by atoms with Crippen molar-refractivity contribution in [3.63, 3.8) is 0 Å². The minimum absolute atomic E-state index is 0.0690. The van der Waals surface area contributed by atoms with Gasteiger partial charge in [0.2, 0.25) is 0 Å². The highest BCUT2D eigenvalue weighted by Crippen LogP contribution is 2.37. The molecule has 0 unspecified atom stereocenters. The van der Waals surface area contributed by atoms with Crippen LogP contribution in [-0.4, -0.2) is 10.4 Å². The molecule has 2 aromatic carbocycles. The third-order valence-electron chi connectivity index (χ3n) is 5.10. The second-order valence-corrected chi connectivity index (χ2v) is 7.72. The Balaban J connectivity index is 1.78. The molecule has 0 atom stereocenters. The smallest absolute Gasteiger partial charge is 0.195 e. The molecule has 0 radical (unpaired) electrons. The fourth-order valence-electron chi connectivity index (χ4n) is 4.01. The van der Waals surface area contributed by atoms with Crippen LogP contribution in [-0.2, 0) is 19.4 Å². The Morgan fingerprint density at radius 2 is 1.92 bits per heavy atom. The van der Waals surface area contributed by atoms with Crippen LogP contribution in [0, 0.1) is 17.8 Å². The van der Waals surface area contributed by atoms with E-state index in [0.717, 1.165) is 34.9 Å². The maximum absolute atomic E-state index is 13.2. The van der Waals surface area contributed by atoms with Crippen LogP contribution >= 0.6 is 0 Å². The van der Waals surface area contributed by atoms with Gasteiger partial charge in [-0.2, -0.15) is 0 Å². The van der Waals surface area contributed by atoms with E-state index in [4.69, 9.17) is 6.42 Å². The molecule has 0 aliphatic heterocycles. The first-order valence-electron chi connectivity index (χ1n) is 8.66. The van der Waals surface area contributed by atoms with Crippen molar-refractivity contribution in [2.75, 3.05) is 0 Å². The Morgan fingerprint density at radius 3 is 2.72 bits per heavy atom. The molecule has 4 rings (SSSR count). The second kappa shape index (κ2) is 5.63. The average molecular weight is 327 g/mol. The van der Waals surface area contributed by atoms with Crippen LogP contribution in [0.15, 0.2) is 48.7 Å². The van der Waals surface area contributed by atoms with E-state index >= 15 is 0 Å². The maximum atomic E-state index is 13.2. The molecule has 25 heavy (non-hydrogen) atoms. The van der Waals surface area contributed by atoms with E-state index in [2.05, 4.69) is 31.9 Å². The zero-order valence-corrected chi connectivity index (χ0v) is 14.7. The molecule has 0 N–H and O–H groups in total. The quantitative estimate of drug-likeness (QED) is 0.508. The third kappa shape index (κ3) is 2.66. The van der Waals surface area contributed by atoms with E-state index in [1.807, 2.05) is 41.1 Å². The highest BCUT2D eigenvalue weighted by Gasteiger charge is 2.29. The van der Waals surface area contributed by atoms with Gasteiger partial charge in [-0.1, -0.05) is 50.1 Å². The molecular formula is C23H21NO. The van der Waals surface area contributed by atoms with E-state index in [1.165, 1.54) is 11.1 Å². The summed E-state index contributed by atoms with van der Waals surface area (Å²) in [5.74, 6) is 2.73. The summed E-state index contributed by atoms with van der Waals surface area (Å²) >= 11 is 0. The fourth-order valence-corrected chi connectivity index (χ4v) is 4.01. The number of para-hydroxylation sites is 1. The van der Waals surface area contributed by atoms with Crippen LogP contribution in [0.1, 0.15) is 40.9 Å². The average Bonchev–Trinajstić information content (AvgIpc) is 3.10. The summed E-state index contributed by atoms with van der Waals surface area (Å²) in [6.45, 7) is 5.02. The van der Waals surface area contributed by atoms with Crippen molar-refractivity contribution in [2.45, 2.75) is 33.2 Å². The van der Waals surface area contributed by atoms with Crippen molar-refractivity contribution in [3.05, 3.63) is 70.9 Å². The maximum Gasteiger partial charge on any atom is 0.195 e. The highest BCUT2D eigenvalue weighted by molar-refractivity contribution is 6.16. The summed E-state index contributed by atoms with van der Waals surface area (Å²) in [6.07, 6.45) is 9.48. The van der Waals surface area contributed by atoms with Crippen molar-refractivity contribution in [1.82, 2.24) is 4.57 Å². The molecule has 1 aromatic heterocycles. The van der Waals surface area contributed by atoms with E-state index in [1.54, 1.807) is 0 Å². The standard InChI is InChI=1S/C23H21NO/c1-4-11-24-15-20(19-7-5-6-8-21(19)24)22(25)16-9-10-17-13-23(2,3)14-18(17)12-16/h1,5-10,12,15H,11,13-14H2,2-3H3. The number of aromatic nitrogens is 1. The van der Waals surface area contributed by atoms with Crippen LogP contribution in [0.4, 0.5) is 0 Å². The van der Waals surface area contributed by atoms with Crippen molar-refractivity contribution >= 4 is 16.7 Å². The summed E-state index contributed by atoms with van der Waals surface area (Å²) in [5, 5.41) is 0.962. The van der Waals surface area contributed by atoms with E-state index in [-0.39, 0.29) is 11.2 Å². The minimum atomic E-state index is 0.0690. The lowest BCUT2D eigenvalue weighted by atomic mass is 9.90. The molecule has 124 valence electrons. The van der Waals surface area contributed by atoms with E-state index in [9.17, 15) is 4.79 Å². The monoisotopic (exact) mass is 327 g/mol. The number of rotatable bonds is 3. The zero-order valence-electron chi connectivity index (χ0n) is 14.7. The van der Waals surface area contributed by atoms with Crippen LogP contribution in [0.5, 0.6) is 0 Å². The molecule has 0 fully saturated rings. The number of carbonyl (C=O) groups is 1. The lowest BCUT2D eigenvalue weighted by molar-refractivity contribution is 0.104. The molecule has 2 nitrogen and oxygen atoms in total. The number of carbonyl (C=O) groups excluding carboxylic acids is 1.